The third-order valence-electron chi connectivity index (χ3n) is 2.91. The molecule has 0 aliphatic carbocycles. The predicted octanol–water partition coefficient (Wildman–Crippen LogP) is 0.0236. The molecule has 1 aliphatic heterocycles. The fraction of sp³-hybridized carbons (Fsp3) is 0.500. The molecular weight excluding hydrogens is 244 g/mol. The van der Waals surface area contributed by atoms with Gasteiger partial charge in [0.25, 0.3) is 0 Å². The van der Waals surface area contributed by atoms with Gasteiger partial charge in [-0.3, -0.25) is 4.79 Å². The molecule has 1 aliphatic rings. The maximum absolute atomic E-state index is 10.7. The Morgan fingerprint density at radius 1 is 1.47 bits per heavy atom. The lowest BCUT2D eigenvalue weighted by atomic mass is 10.1. The highest BCUT2D eigenvalue weighted by Gasteiger charge is 2.36. The highest BCUT2D eigenvalue weighted by Crippen LogP contribution is 2.41. The van der Waals surface area contributed by atoms with Crippen LogP contribution < -0.4 is 4.90 Å². The summed E-state index contributed by atoms with van der Waals surface area (Å²) in [6.07, 6.45) is -2.01. The molecule has 0 aromatic carbocycles. The zero-order chi connectivity index (χ0) is 12.7. The highest BCUT2D eigenvalue weighted by atomic mass is 32.1. The van der Waals surface area contributed by atoms with Crippen LogP contribution >= 0.6 is 11.3 Å². The van der Waals surface area contributed by atoms with Gasteiger partial charge >= 0.3 is 5.97 Å². The van der Waals surface area contributed by atoms with E-state index in [9.17, 15) is 15.0 Å². The first-order valence-electron chi connectivity index (χ1n) is 5.06. The fourth-order valence-corrected chi connectivity index (χ4v) is 3.04. The van der Waals surface area contributed by atoms with Crippen molar-refractivity contribution in [3.63, 3.8) is 0 Å². The number of carbonyl (C=O) groups is 1. The van der Waals surface area contributed by atoms with Crippen molar-refractivity contribution < 1.29 is 20.1 Å². The number of fused-ring (bicyclic) bond motifs is 1. The second-order valence-electron chi connectivity index (χ2n) is 4.05. The summed E-state index contributed by atoms with van der Waals surface area (Å²) in [4.78, 5) is 13.7. The summed E-state index contributed by atoms with van der Waals surface area (Å²) >= 11 is 1.33. The van der Waals surface area contributed by atoms with Crippen molar-refractivity contribution >= 4 is 22.3 Å². The number of thiophene rings is 1. The number of hydrogen-bond donors (Lipinski definition) is 3. The number of nitrogens with zero attached hydrogens (tertiary/aromatic N) is 2. The minimum atomic E-state index is -0.975. The molecule has 2 unspecified atom stereocenters. The largest absolute Gasteiger partial charge is 0.481 e. The topological polar surface area (TPSA) is 84.2 Å². The average molecular weight is 258 g/mol. The predicted molar refractivity (Wildman–Crippen MR) is 62.8 cm³/mol. The number of aliphatic hydroxyl groups excluding tert-OH is 2. The molecule has 0 spiro atoms. The number of carboxylic acids is 1. The zero-order valence-electron chi connectivity index (χ0n) is 9.49. The molecule has 1 aromatic heterocycles. The van der Waals surface area contributed by atoms with E-state index in [0.717, 1.165) is 0 Å². The monoisotopic (exact) mass is 258 g/mol. The van der Waals surface area contributed by atoms with Crippen LogP contribution in [0.1, 0.15) is 17.4 Å². The number of carboxylic acid groups (broad SMARTS) is 1. The summed E-state index contributed by atoms with van der Waals surface area (Å²) in [6.45, 7) is 0. The number of aliphatic carboxylic acids is 1. The lowest BCUT2D eigenvalue weighted by Crippen LogP contribution is -2.50. The Hall–Kier alpha value is -1.15. The molecule has 0 amide bonds. The molecule has 6 nitrogen and oxygen atoms in total. The smallest absolute Gasteiger partial charge is 0.307 e. The van der Waals surface area contributed by atoms with Gasteiger partial charge in [-0.2, -0.15) is 0 Å². The van der Waals surface area contributed by atoms with Crippen LogP contribution in [0.3, 0.4) is 0 Å². The number of anilines is 1. The molecule has 7 heteroatoms. The fourth-order valence-electron chi connectivity index (χ4n) is 1.95. The first kappa shape index (κ1) is 12.3. The molecule has 2 heterocycles. The van der Waals surface area contributed by atoms with E-state index in [1.807, 2.05) is 0 Å². The summed E-state index contributed by atoms with van der Waals surface area (Å²) in [7, 11) is 3.28. The van der Waals surface area contributed by atoms with Crippen LogP contribution in [-0.4, -0.2) is 46.6 Å². The van der Waals surface area contributed by atoms with E-state index in [2.05, 4.69) is 0 Å². The first-order valence-corrected chi connectivity index (χ1v) is 5.94. The van der Waals surface area contributed by atoms with Gasteiger partial charge in [0.15, 0.2) is 6.35 Å². The Kier molecular flexibility index (Phi) is 3.09. The molecule has 1 aromatic rings. The van der Waals surface area contributed by atoms with Crippen molar-refractivity contribution in [3.8, 4) is 0 Å². The Balaban J connectivity index is 2.45. The molecule has 17 heavy (non-hydrogen) atoms. The Labute approximate surface area is 102 Å². The number of hydrogen-bond acceptors (Lipinski definition) is 6. The molecule has 0 saturated carbocycles. The van der Waals surface area contributed by atoms with Crippen molar-refractivity contribution in [2.45, 2.75) is 19.0 Å². The summed E-state index contributed by atoms with van der Waals surface area (Å²) in [5, 5.41) is 31.1. The standard InChI is InChI=1S/C10H14N2O4S/c1-11-8(15)7-5(3-6(13)14)4-17-9(7)12(2)10(11)16/h4,8,10,15-16H,3H2,1-2H3,(H,13,14). The molecule has 0 bridgehead atoms. The van der Waals surface area contributed by atoms with Gasteiger partial charge in [0.05, 0.1) is 6.42 Å². The first-order chi connectivity index (χ1) is 7.93. The maximum Gasteiger partial charge on any atom is 0.307 e. The van der Waals surface area contributed by atoms with Crippen LogP contribution in [0.5, 0.6) is 0 Å². The maximum atomic E-state index is 10.7. The molecule has 2 rings (SSSR count). The van der Waals surface area contributed by atoms with Crippen molar-refractivity contribution in [1.82, 2.24) is 4.90 Å². The lowest BCUT2D eigenvalue weighted by Gasteiger charge is -2.40. The van der Waals surface area contributed by atoms with E-state index in [1.54, 1.807) is 24.4 Å². The third kappa shape index (κ3) is 1.91. The minimum Gasteiger partial charge on any atom is -0.481 e. The van der Waals surface area contributed by atoms with Crippen LogP contribution in [0.4, 0.5) is 5.00 Å². The van der Waals surface area contributed by atoms with E-state index in [-0.39, 0.29) is 6.42 Å². The number of aliphatic hydroxyl groups is 2. The van der Waals surface area contributed by atoms with Crippen LogP contribution in [0.15, 0.2) is 5.38 Å². The normalized spacial score (nSPS) is 24.8. The summed E-state index contributed by atoms with van der Waals surface area (Å²) < 4.78 is 0. The Morgan fingerprint density at radius 2 is 2.12 bits per heavy atom. The molecule has 2 atom stereocenters. The summed E-state index contributed by atoms with van der Waals surface area (Å²) in [5.74, 6) is -0.936. The van der Waals surface area contributed by atoms with E-state index < -0.39 is 18.5 Å². The van der Waals surface area contributed by atoms with Crippen LogP contribution in [0.2, 0.25) is 0 Å². The van der Waals surface area contributed by atoms with Gasteiger partial charge in [0.2, 0.25) is 0 Å². The lowest BCUT2D eigenvalue weighted by molar-refractivity contribution is -0.136. The molecule has 0 saturated heterocycles. The third-order valence-corrected chi connectivity index (χ3v) is 4.04. The average Bonchev–Trinajstić information content (AvgIpc) is 2.66. The van der Waals surface area contributed by atoms with Crippen molar-refractivity contribution in [3.05, 3.63) is 16.5 Å². The quantitative estimate of drug-likeness (QED) is 0.694. The number of rotatable bonds is 2. The Morgan fingerprint density at radius 3 is 2.71 bits per heavy atom. The van der Waals surface area contributed by atoms with Gasteiger partial charge in [-0.15, -0.1) is 11.3 Å². The van der Waals surface area contributed by atoms with Gasteiger partial charge in [-0.25, -0.2) is 4.90 Å². The van der Waals surface area contributed by atoms with Crippen molar-refractivity contribution in [1.29, 1.82) is 0 Å². The summed E-state index contributed by atoms with van der Waals surface area (Å²) in [5.41, 5.74) is 1.17. The second kappa shape index (κ2) is 4.26. The second-order valence-corrected chi connectivity index (χ2v) is 4.90. The molecule has 0 radical (unpaired) electrons. The van der Waals surface area contributed by atoms with Gasteiger partial charge in [-0.05, 0) is 18.0 Å². The van der Waals surface area contributed by atoms with E-state index in [4.69, 9.17) is 5.11 Å². The van der Waals surface area contributed by atoms with Gasteiger partial charge in [0.1, 0.15) is 11.2 Å². The van der Waals surface area contributed by atoms with Gasteiger partial charge in [0, 0.05) is 12.6 Å². The van der Waals surface area contributed by atoms with Crippen LogP contribution in [0, 0.1) is 0 Å². The van der Waals surface area contributed by atoms with E-state index in [0.29, 0.717) is 16.1 Å². The minimum absolute atomic E-state index is 0.124. The SMILES string of the molecule is CN1c2scc(CC(=O)O)c2C(O)N(C)C1O. The Bertz CT molecular complexity index is 448. The van der Waals surface area contributed by atoms with E-state index in [1.165, 1.54) is 16.2 Å². The van der Waals surface area contributed by atoms with Gasteiger partial charge in [-0.1, -0.05) is 0 Å². The summed E-state index contributed by atoms with van der Waals surface area (Å²) in [6, 6.07) is 0. The highest BCUT2D eigenvalue weighted by molar-refractivity contribution is 7.14. The van der Waals surface area contributed by atoms with Crippen molar-refractivity contribution in [2.24, 2.45) is 0 Å². The zero-order valence-corrected chi connectivity index (χ0v) is 10.3. The molecule has 3 N–H and O–H groups in total. The molecular formula is C10H14N2O4S. The van der Waals surface area contributed by atoms with E-state index >= 15 is 0 Å². The van der Waals surface area contributed by atoms with Crippen molar-refractivity contribution in [2.75, 3.05) is 19.0 Å². The van der Waals surface area contributed by atoms with Crippen LogP contribution in [-0.2, 0) is 11.2 Å². The van der Waals surface area contributed by atoms with Crippen LogP contribution in [0.25, 0.3) is 0 Å². The molecule has 94 valence electrons. The van der Waals surface area contributed by atoms with Gasteiger partial charge < -0.3 is 20.2 Å². The molecule has 0 fully saturated rings.